The standard InChI is InChI=1S/C34H43ClN2O6S/c1-3-42-19-32-22(2)6-4-8-30(38)27-12-9-25(27)18-37-20-34(15-5-7-23-16-26(35)11-13-28(23)34)21-43-31-14-10-24(17-29(31)37)33(39)36-44(32,40)41/h4,8,10-11,13-14,16-17,22,25,27,30,32,38H,3,5-7,9,12,15,18-21H2,1-2H3,(H,36,39)/b8-4-/t22-,25-,27+,30-,32+,34-/m0/s1. The van der Waals surface area contributed by atoms with Crippen LogP contribution in [0.15, 0.2) is 48.6 Å². The van der Waals surface area contributed by atoms with Crippen molar-refractivity contribution in [3.05, 3.63) is 70.3 Å². The molecule has 2 N–H and O–H groups in total. The third-order valence-corrected chi connectivity index (χ3v) is 12.4. The van der Waals surface area contributed by atoms with Crippen molar-refractivity contribution in [2.24, 2.45) is 17.8 Å². The summed E-state index contributed by atoms with van der Waals surface area (Å²) in [6.07, 6.45) is 8.40. The first-order valence-corrected chi connectivity index (χ1v) is 17.8. The first-order chi connectivity index (χ1) is 21.1. The molecule has 6 rings (SSSR count). The zero-order chi connectivity index (χ0) is 31.1. The minimum absolute atomic E-state index is 0.0258. The number of rotatable bonds is 3. The molecule has 8 nitrogen and oxygen atoms in total. The van der Waals surface area contributed by atoms with Crippen LogP contribution < -0.4 is 14.4 Å². The number of aliphatic hydroxyl groups excluding tert-OH is 1. The molecule has 4 aliphatic rings. The highest BCUT2D eigenvalue weighted by Crippen LogP contribution is 2.46. The molecule has 2 aliphatic carbocycles. The highest BCUT2D eigenvalue weighted by molar-refractivity contribution is 7.90. The summed E-state index contributed by atoms with van der Waals surface area (Å²) in [7, 11) is -4.07. The lowest BCUT2D eigenvalue weighted by molar-refractivity contribution is 0.0455. The molecule has 44 heavy (non-hydrogen) atoms. The van der Waals surface area contributed by atoms with Gasteiger partial charge >= 0.3 is 0 Å². The number of allylic oxidation sites excluding steroid dienone is 1. The summed E-state index contributed by atoms with van der Waals surface area (Å²) in [5.41, 5.74) is 3.25. The van der Waals surface area contributed by atoms with E-state index in [4.69, 9.17) is 21.1 Å². The van der Waals surface area contributed by atoms with E-state index in [9.17, 15) is 18.3 Å². The van der Waals surface area contributed by atoms with Gasteiger partial charge in [0.1, 0.15) is 11.0 Å². The van der Waals surface area contributed by atoms with Crippen molar-refractivity contribution < 1.29 is 27.8 Å². The van der Waals surface area contributed by atoms with E-state index in [0.29, 0.717) is 38.5 Å². The predicted octanol–water partition coefficient (Wildman–Crippen LogP) is 5.26. The van der Waals surface area contributed by atoms with Crippen LogP contribution in [0.1, 0.15) is 67.4 Å². The van der Waals surface area contributed by atoms with Crippen LogP contribution in [0.2, 0.25) is 5.02 Å². The zero-order valence-electron chi connectivity index (χ0n) is 25.5. The molecule has 2 heterocycles. The third-order valence-electron chi connectivity index (χ3n) is 10.3. The fourth-order valence-electron chi connectivity index (χ4n) is 7.59. The number of carbonyl (C=O) groups excluding carboxylic acids is 1. The van der Waals surface area contributed by atoms with Crippen LogP contribution in [0, 0.1) is 17.8 Å². The number of aliphatic hydroxyl groups is 1. The fraction of sp³-hybridized carbons (Fsp3) is 0.559. The van der Waals surface area contributed by atoms with E-state index < -0.39 is 27.3 Å². The van der Waals surface area contributed by atoms with Gasteiger partial charge in [-0.15, -0.1) is 0 Å². The highest BCUT2D eigenvalue weighted by atomic mass is 35.5. The Morgan fingerprint density at radius 3 is 2.82 bits per heavy atom. The van der Waals surface area contributed by atoms with E-state index >= 15 is 0 Å². The van der Waals surface area contributed by atoms with Crippen molar-refractivity contribution in [3.8, 4) is 5.75 Å². The molecule has 2 aliphatic heterocycles. The van der Waals surface area contributed by atoms with Crippen LogP contribution in [0.25, 0.3) is 0 Å². The molecule has 0 aromatic heterocycles. The van der Waals surface area contributed by atoms with Gasteiger partial charge in [-0.3, -0.25) is 4.79 Å². The normalized spacial score (nSPS) is 32.3. The summed E-state index contributed by atoms with van der Waals surface area (Å²) >= 11 is 6.40. The first kappa shape index (κ1) is 31.4. The second-order valence-electron chi connectivity index (χ2n) is 13.1. The molecule has 1 saturated carbocycles. The van der Waals surface area contributed by atoms with Crippen molar-refractivity contribution in [1.29, 1.82) is 0 Å². The molecular formula is C34H43ClN2O6S. The molecule has 2 bridgehead atoms. The number of amides is 1. The van der Waals surface area contributed by atoms with E-state index in [1.54, 1.807) is 18.2 Å². The van der Waals surface area contributed by atoms with Crippen LogP contribution in [-0.4, -0.2) is 63.7 Å². The van der Waals surface area contributed by atoms with Crippen LogP contribution in [0.4, 0.5) is 5.69 Å². The number of hydrogen-bond acceptors (Lipinski definition) is 7. The second-order valence-corrected chi connectivity index (χ2v) is 15.4. The molecule has 2 aromatic carbocycles. The van der Waals surface area contributed by atoms with Gasteiger partial charge in [-0.1, -0.05) is 36.7 Å². The van der Waals surface area contributed by atoms with Crippen molar-refractivity contribution in [1.82, 2.24) is 4.72 Å². The Bertz CT molecular complexity index is 1530. The number of halogens is 1. The number of ether oxygens (including phenoxy) is 2. The van der Waals surface area contributed by atoms with E-state index in [-0.39, 0.29) is 35.3 Å². The fourth-order valence-corrected chi connectivity index (χ4v) is 9.31. The van der Waals surface area contributed by atoms with Gasteiger partial charge in [0.2, 0.25) is 10.0 Å². The highest BCUT2D eigenvalue weighted by Gasteiger charge is 2.44. The smallest absolute Gasteiger partial charge is 0.264 e. The number of aryl methyl sites for hydroxylation is 1. The van der Waals surface area contributed by atoms with Crippen LogP contribution in [0.5, 0.6) is 5.75 Å². The summed E-state index contributed by atoms with van der Waals surface area (Å²) in [6, 6.07) is 11.3. The predicted molar refractivity (Wildman–Crippen MR) is 172 cm³/mol. The van der Waals surface area contributed by atoms with E-state index in [1.165, 1.54) is 11.1 Å². The third kappa shape index (κ3) is 6.13. The number of nitrogens with one attached hydrogen (secondary N) is 1. The number of carbonyl (C=O) groups is 1. The maximum absolute atomic E-state index is 13.6. The quantitative estimate of drug-likeness (QED) is 0.440. The van der Waals surface area contributed by atoms with Gasteiger partial charge in [0.25, 0.3) is 5.91 Å². The molecule has 0 saturated heterocycles. The van der Waals surface area contributed by atoms with Gasteiger partial charge in [-0.05, 0) is 105 Å². The number of benzene rings is 2. The number of fused-ring (bicyclic) bond motifs is 4. The monoisotopic (exact) mass is 642 g/mol. The molecule has 6 atom stereocenters. The average Bonchev–Trinajstić information content (AvgIpc) is 3.11. The van der Waals surface area contributed by atoms with Crippen molar-refractivity contribution >= 4 is 33.2 Å². The molecule has 2 aromatic rings. The van der Waals surface area contributed by atoms with Gasteiger partial charge in [0.15, 0.2) is 0 Å². The minimum Gasteiger partial charge on any atom is -0.490 e. The summed E-state index contributed by atoms with van der Waals surface area (Å²) in [5.74, 6) is 0.0331. The Labute approximate surface area is 265 Å². The molecule has 0 radical (unpaired) electrons. The average molecular weight is 643 g/mol. The topological polar surface area (TPSA) is 105 Å². The van der Waals surface area contributed by atoms with Gasteiger partial charge in [0, 0.05) is 35.7 Å². The maximum Gasteiger partial charge on any atom is 0.264 e. The molecule has 10 heteroatoms. The zero-order valence-corrected chi connectivity index (χ0v) is 27.1. The minimum atomic E-state index is -4.07. The summed E-state index contributed by atoms with van der Waals surface area (Å²) in [6.45, 7) is 5.86. The van der Waals surface area contributed by atoms with Crippen LogP contribution in [0.3, 0.4) is 0 Å². The van der Waals surface area contributed by atoms with Gasteiger partial charge < -0.3 is 19.5 Å². The first-order valence-electron chi connectivity index (χ1n) is 15.9. The second kappa shape index (κ2) is 12.7. The number of nitrogens with zero attached hydrogens (tertiary/aromatic N) is 1. The molecule has 0 unspecified atom stereocenters. The summed E-state index contributed by atoms with van der Waals surface area (Å²) in [4.78, 5) is 15.8. The van der Waals surface area contributed by atoms with Crippen LogP contribution >= 0.6 is 11.6 Å². The van der Waals surface area contributed by atoms with Crippen molar-refractivity contribution in [3.63, 3.8) is 0 Å². The number of hydrogen-bond donors (Lipinski definition) is 2. The molecular weight excluding hydrogens is 600 g/mol. The van der Waals surface area contributed by atoms with Crippen LogP contribution in [-0.2, 0) is 26.6 Å². The lowest BCUT2D eigenvalue weighted by Crippen LogP contribution is -2.49. The SMILES string of the molecule is CCOC[C@@H]1[C@@H](C)C/C=C\[C@H](O)[C@@H]2CC[C@H]2CN2C[C@@]3(CCCc4cc(Cl)ccc43)COc3ccc(cc32)C(=O)NS1(=O)=O. The van der Waals surface area contributed by atoms with Crippen molar-refractivity contribution in [2.45, 2.75) is 69.1 Å². The molecule has 1 fully saturated rings. The van der Waals surface area contributed by atoms with Gasteiger partial charge in [0.05, 0.1) is 25.0 Å². The Hall–Kier alpha value is -2.59. The van der Waals surface area contributed by atoms with Gasteiger partial charge in [-0.25, -0.2) is 13.1 Å². The van der Waals surface area contributed by atoms with E-state index in [0.717, 1.165) is 42.8 Å². The maximum atomic E-state index is 13.6. The Balaban J connectivity index is 1.41. The Morgan fingerprint density at radius 1 is 1.20 bits per heavy atom. The van der Waals surface area contributed by atoms with Gasteiger partial charge in [-0.2, -0.15) is 0 Å². The number of anilines is 1. The number of sulfonamides is 1. The molecule has 1 amide bonds. The molecule has 238 valence electrons. The summed E-state index contributed by atoms with van der Waals surface area (Å²) in [5, 5.41) is 11.0. The van der Waals surface area contributed by atoms with E-state index in [2.05, 4.69) is 21.8 Å². The van der Waals surface area contributed by atoms with E-state index in [1.807, 2.05) is 32.1 Å². The largest absolute Gasteiger partial charge is 0.490 e. The summed E-state index contributed by atoms with van der Waals surface area (Å²) < 4.78 is 41.5. The van der Waals surface area contributed by atoms with Crippen molar-refractivity contribution in [2.75, 3.05) is 37.8 Å². The lowest BCUT2D eigenvalue weighted by atomic mass is 9.68. The molecule has 1 spiro atoms. The Morgan fingerprint density at radius 2 is 2.05 bits per heavy atom. The Kier molecular flexibility index (Phi) is 9.03. The lowest BCUT2D eigenvalue weighted by Gasteiger charge is -2.45.